The van der Waals surface area contributed by atoms with Gasteiger partial charge in [-0.1, -0.05) is 0 Å². The van der Waals surface area contributed by atoms with Crippen LogP contribution in [0.2, 0.25) is 0 Å². The number of ether oxygens (including phenoxy) is 21. The summed E-state index contributed by atoms with van der Waals surface area (Å²) in [7, 11) is 0. The minimum absolute atomic E-state index is 0.902. The highest BCUT2D eigenvalue weighted by atomic mass is 16.8. The fourth-order valence-electron chi connectivity index (χ4n) is 16.1. The topological polar surface area (TPSA) is 911 Å². The summed E-state index contributed by atoms with van der Waals surface area (Å²) in [6.07, 6.45) is -119. The Morgan fingerprint density at radius 1 is 0.208 bits per heavy atom. The van der Waals surface area contributed by atoms with Gasteiger partial charge in [0.1, 0.15) is 269 Å². The molecule has 11 saturated heterocycles. The molecule has 0 aromatic carbocycles. The Hall–Kier alpha value is -2.73. The Balaban J connectivity index is 0.912. The third-order valence-corrected chi connectivity index (χ3v) is 23.4. The lowest BCUT2D eigenvalue weighted by atomic mass is 9.94. The average molecular weight is 1840 g/mol. The molecule has 55 atom stereocenters. The van der Waals surface area contributed by atoms with E-state index in [-0.39, 0.29) is 0 Å². The van der Waals surface area contributed by atoms with E-state index in [9.17, 15) is 178 Å². The molecule has 35 N–H and O–H groups in total. The molecule has 11 fully saturated rings. The maximum Gasteiger partial charge on any atom is 0.217 e. The molecule has 0 saturated carbocycles. The van der Waals surface area contributed by atoms with Crippen molar-refractivity contribution in [2.45, 2.75) is 345 Å². The Bertz CT molecular complexity index is 3250. The molecule has 0 unspecified atom stereocenters. The predicted molar refractivity (Wildman–Crippen MR) is 374 cm³/mol. The fraction of sp³-hybridized carbons (Fsp3) is 0.985. The Morgan fingerprint density at radius 2 is 0.416 bits per heavy atom. The molecule has 57 heteroatoms. The third-order valence-electron chi connectivity index (χ3n) is 23.4. The second kappa shape index (κ2) is 44.6. The summed E-state index contributed by atoms with van der Waals surface area (Å²) in [6, 6.07) is -1.84. The van der Waals surface area contributed by atoms with Crippen molar-refractivity contribution in [2.24, 2.45) is 0 Å². The number of hydrogen-bond acceptors (Lipinski definition) is 56. The van der Waals surface area contributed by atoms with Crippen LogP contribution in [0, 0.1) is 0 Å². The van der Waals surface area contributed by atoms with Gasteiger partial charge < -0.3 is 278 Å². The van der Waals surface area contributed by atoms with Gasteiger partial charge in [-0.05, 0) is 0 Å². The predicted octanol–water partition coefficient (Wildman–Crippen LogP) is -24.8. The van der Waals surface area contributed by atoms with E-state index in [1.54, 1.807) is 0 Å². The quantitative estimate of drug-likeness (QED) is 0.0297. The highest BCUT2D eigenvalue weighted by Crippen LogP contribution is 2.41. The van der Waals surface area contributed by atoms with Crippen LogP contribution in [-0.4, -0.2) is 590 Å². The summed E-state index contributed by atoms with van der Waals surface area (Å²) in [5.74, 6) is -0.902. The molecule has 0 aliphatic carbocycles. The average Bonchev–Trinajstić information content (AvgIpc) is 0.742. The summed E-state index contributed by atoms with van der Waals surface area (Å²) < 4.78 is 122. The van der Waals surface area contributed by atoms with E-state index < -0.39 is 416 Å². The van der Waals surface area contributed by atoms with Crippen molar-refractivity contribution in [3.8, 4) is 0 Å². The first-order valence-electron chi connectivity index (χ1n) is 39.7. The molecule has 11 heterocycles. The smallest absolute Gasteiger partial charge is 0.217 e. The summed E-state index contributed by atoms with van der Waals surface area (Å²) in [5.41, 5.74) is 0. The van der Waals surface area contributed by atoms with Crippen LogP contribution < -0.4 is 5.32 Å². The molecule has 57 nitrogen and oxygen atoms in total. The Kier molecular flexibility index (Phi) is 36.7. The number of amides is 1. The lowest BCUT2D eigenvalue weighted by Crippen LogP contribution is -2.69. The second-order valence-electron chi connectivity index (χ2n) is 31.6. The van der Waals surface area contributed by atoms with E-state index in [2.05, 4.69) is 5.32 Å². The highest BCUT2D eigenvalue weighted by molar-refractivity contribution is 5.73. The molecular weight excluding hydrogens is 1730 g/mol. The van der Waals surface area contributed by atoms with Gasteiger partial charge in [0.15, 0.2) is 69.2 Å². The molecule has 11 aliphatic rings. The minimum Gasteiger partial charge on any atom is -0.394 e. The van der Waals surface area contributed by atoms with Crippen molar-refractivity contribution in [1.82, 2.24) is 5.32 Å². The van der Waals surface area contributed by atoms with Crippen LogP contribution in [0.4, 0.5) is 0 Å². The lowest BCUT2D eigenvalue weighted by Gasteiger charge is -2.51. The summed E-state index contributed by atoms with van der Waals surface area (Å²) >= 11 is 0. The van der Waals surface area contributed by atoms with E-state index in [1.807, 2.05) is 0 Å². The van der Waals surface area contributed by atoms with Gasteiger partial charge in [-0.3, -0.25) is 4.79 Å². The minimum atomic E-state index is -2.62. The van der Waals surface area contributed by atoms with Gasteiger partial charge in [0.2, 0.25) is 5.91 Å². The first-order chi connectivity index (χ1) is 59.3. The largest absolute Gasteiger partial charge is 0.394 e. The molecule has 11 rings (SSSR count). The molecule has 125 heavy (non-hydrogen) atoms. The van der Waals surface area contributed by atoms with Crippen LogP contribution in [0.15, 0.2) is 0 Å². The van der Waals surface area contributed by atoms with Gasteiger partial charge in [-0.15, -0.1) is 0 Å². The number of carbonyl (C=O) groups is 1. The molecule has 0 aromatic heterocycles. The number of aliphatic hydroxyl groups is 34. The molecule has 0 bridgehead atoms. The van der Waals surface area contributed by atoms with Gasteiger partial charge in [-0.25, -0.2) is 0 Å². The van der Waals surface area contributed by atoms with Crippen molar-refractivity contribution in [3.05, 3.63) is 0 Å². The van der Waals surface area contributed by atoms with Crippen molar-refractivity contribution in [3.63, 3.8) is 0 Å². The standard InChI is InChI=1S/C68H115NO56/c1-13(79)69-25-36(90)50(22(10-78)107-58(25)104)118-66-49(103)55(123-67-57(41(95)30(84)17(5-73)114-67)125-68-56(40(94)29(83)18(6-74)115-68)124-65-48(102)53(33(87)21(9-77)113-65)121-63-44(98)39(93)28(82)16(4-72)111-63)35(89)24(117-66)12-106-60-46(100)54(122-64-47(101)52(32(86)20(8-76)112-64)120-62-43(97)38(92)27(81)15(3-71)110-62)34(88)23(116-60)11-105-59-45(99)51(31(85)19(7-75)108-59)119-61-42(96)37(91)26(80)14(2-70)109-61/h14-68,70-78,80-104H,2-12H2,1H3,(H,69,79)/t14-,15-,16-,17-,18-,19-,20-,21-,22-,23-,24-,25-,26-,27-,28-,29-,30-,31-,32-,33-,34-,35-,36-,37+,38+,39+,40+,41+,42+,43+,44-,45+,46+,47+,48+,49+,50-,51+,52+,53+,54+,55+,56+,57+,58-,59+,60+,61-,62-,63-,64-,65-,66+,67-,68-/m1/s1. The number of aliphatic hydroxyl groups excluding tert-OH is 34. The van der Waals surface area contributed by atoms with Crippen LogP contribution >= 0.6 is 0 Å². The summed E-state index contributed by atoms with van der Waals surface area (Å²) in [6.45, 7) is -11.6. The number of nitrogens with one attached hydrogen (secondary N) is 1. The molecule has 1 amide bonds. The number of hydrogen-bond donors (Lipinski definition) is 35. The van der Waals surface area contributed by atoms with E-state index in [0.717, 1.165) is 6.92 Å². The van der Waals surface area contributed by atoms with Crippen molar-refractivity contribution >= 4 is 5.91 Å². The first-order valence-corrected chi connectivity index (χ1v) is 39.7. The SMILES string of the molecule is CC(=O)N[C@@H]1[C@@H](O)[C@H](O[C@@H]2O[C@H](CO[C@H]3O[C@H](CO[C@H]4O[C@H](CO)[C@@H](O)[C@H](O[C@H]5O[C@H](CO)[C@@H](O)[C@H](O)[C@@H]5O)[C@@H]4O)[C@@H](O)[C@H](O[C@H]4O[C@H](CO)[C@@H](O)[C@H](O[C@H]5O[C@H](CO)[C@@H](O)[C@H](O)[C@@H]5O)[C@@H]4O)[C@@H]3O)[C@@H](O)[C@H](O[C@H]3O[C@H](CO)[C@@H](O)[C@H](O)[C@@H]3O[C@H]3O[C@H](CO)[C@@H](O)[C@H](O)[C@@H]3O[C@H]3O[C@H](CO)[C@@H](O)[C@H](O[C@H]4O[C@H](CO)[C@@H](O)[C@H](O)[C@H]4O)[C@@H]3O)[C@@H]2O)[C@@H](CO)O[C@H]1O. The fourth-order valence-corrected chi connectivity index (χ4v) is 16.1. The molecule has 0 radical (unpaired) electrons. The van der Waals surface area contributed by atoms with Crippen LogP contribution in [0.3, 0.4) is 0 Å². The van der Waals surface area contributed by atoms with E-state index in [4.69, 9.17) is 99.5 Å². The summed E-state index contributed by atoms with van der Waals surface area (Å²) in [4.78, 5) is 12.4. The monoisotopic (exact) mass is 1840 g/mol. The zero-order valence-electron chi connectivity index (χ0n) is 65.7. The molecule has 0 spiro atoms. The van der Waals surface area contributed by atoms with Gasteiger partial charge in [0, 0.05) is 6.92 Å². The zero-order chi connectivity index (χ0) is 91.7. The van der Waals surface area contributed by atoms with Crippen LogP contribution in [-0.2, 0) is 104 Å². The van der Waals surface area contributed by atoms with Crippen molar-refractivity contribution < 1.29 is 278 Å². The molecular formula is C68H115NO56. The van der Waals surface area contributed by atoms with Crippen molar-refractivity contribution in [1.29, 1.82) is 0 Å². The van der Waals surface area contributed by atoms with Gasteiger partial charge in [-0.2, -0.15) is 0 Å². The third kappa shape index (κ3) is 21.8. The molecule has 728 valence electrons. The normalized spacial score (nSPS) is 52.7. The molecule has 0 aromatic rings. The maximum absolute atomic E-state index is 12.7. The van der Waals surface area contributed by atoms with Gasteiger partial charge in [0.25, 0.3) is 0 Å². The van der Waals surface area contributed by atoms with E-state index in [0.29, 0.717) is 0 Å². The van der Waals surface area contributed by atoms with E-state index >= 15 is 0 Å². The summed E-state index contributed by atoms with van der Waals surface area (Å²) in [5, 5.41) is 379. The number of rotatable bonds is 32. The van der Waals surface area contributed by atoms with E-state index in [1.165, 1.54) is 0 Å². The van der Waals surface area contributed by atoms with Crippen molar-refractivity contribution in [2.75, 3.05) is 72.7 Å². The Labute approximate surface area is 704 Å². The van der Waals surface area contributed by atoms with Crippen LogP contribution in [0.25, 0.3) is 0 Å². The number of carbonyl (C=O) groups excluding carboxylic acids is 1. The highest BCUT2D eigenvalue weighted by Gasteiger charge is 2.62. The molecule has 11 aliphatic heterocycles. The maximum atomic E-state index is 12.7. The van der Waals surface area contributed by atoms with Gasteiger partial charge >= 0.3 is 0 Å². The first kappa shape index (κ1) is 103. The Morgan fingerprint density at radius 3 is 0.712 bits per heavy atom. The van der Waals surface area contributed by atoms with Crippen LogP contribution in [0.5, 0.6) is 0 Å². The van der Waals surface area contributed by atoms with Crippen LogP contribution in [0.1, 0.15) is 6.92 Å². The zero-order valence-corrected chi connectivity index (χ0v) is 65.7. The lowest BCUT2D eigenvalue weighted by molar-refractivity contribution is -0.410. The van der Waals surface area contributed by atoms with Gasteiger partial charge in [0.05, 0.1) is 72.7 Å². The second-order valence-corrected chi connectivity index (χ2v) is 31.6.